The number of carbonyl (C=O) groups excluding carboxylic acids is 3. The highest BCUT2D eigenvalue weighted by Gasteiger charge is 2.30. The van der Waals surface area contributed by atoms with E-state index in [1.807, 2.05) is 0 Å². The van der Waals surface area contributed by atoms with Crippen molar-refractivity contribution in [3.63, 3.8) is 0 Å². The number of fused-ring (bicyclic) bond motifs is 1. The summed E-state index contributed by atoms with van der Waals surface area (Å²) in [7, 11) is 1.77. The molecule has 1 aliphatic rings. The number of anilines is 1. The molecular formula is C19H13Cl2N3O3S. The van der Waals surface area contributed by atoms with Gasteiger partial charge in [-0.1, -0.05) is 40.6 Å². The minimum Gasteiger partial charge on any atom is -0.318 e. The molecule has 3 amide bonds. The number of hydrogen-bond donors (Lipinski definition) is 0. The molecule has 0 spiro atoms. The second-order valence-corrected chi connectivity index (χ2v) is 8.12. The summed E-state index contributed by atoms with van der Waals surface area (Å²) in [5.74, 6) is -1.02. The van der Waals surface area contributed by atoms with Gasteiger partial charge in [-0.05, 0) is 30.3 Å². The number of aryl methyl sites for hydroxylation is 1. The quantitative estimate of drug-likeness (QED) is 0.574. The van der Waals surface area contributed by atoms with Gasteiger partial charge in [0.2, 0.25) is 11.8 Å². The second kappa shape index (κ2) is 7.16. The number of amides is 3. The molecule has 0 bridgehead atoms. The highest BCUT2D eigenvalue weighted by atomic mass is 35.5. The Balaban J connectivity index is 1.75. The fourth-order valence-electron chi connectivity index (χ4n) is 3.10. The Bertz CT molecular complexity index is 1210. The van der Waals surface area contributed by atoms with E-state index in [-0.39, 0.29) is 30.2 Å². The molecule has 1 saturated heterocycles. The average molecular weight is 434 g/mol. The third-order valence-corrected chi connectivity index (χ3v) is 6.00. The predicted molar refractivity (Wildman–Crippen MR) is 109 cm³/mol. The van der Waals surface area contributed by atoms with Crippen molar-refractivity contribution in [3.05, 3.63) is 56.8 Å². The van der Waals surface area contributed by atoms with Crippen LogP contribution in [0, 0.1) is 0 Å². The van der Waals surface area contributed by atoms with Crippen LogP contribution in [0.25, 0.3) is 10.2 Å². The molecular weight excluding hydrogens is 421 g/mol. The Morgan fingerprint density at radius 1 is 1.11 bits per heavy atom. The van der Waals surface area contributed by atoms with Crippen LogP contribution >= 0.6 is 34.5 Å². The molecule has 28 heavy (non-hydrogen) atoms. The number of rotatable bonds is 2. The van der Waals surface area contributed by atoms with Crippen LogP contribution in [0.3, 0.4) is 0 Å². The highest BCUT2D eigenvalue weighted by Crippen LogP contribution is 2.29. The van der Waals surface area contributed by atoms with Crippen molar-refractivity contribution in [1.82, 2.24) is 4.57 Å². The first-order valence-electron chi connectivity index (χ1n) is 8.34. The number of nitrogens with zero attached hydrogens (tertiary/aromatic N) is 3. The van der Waals surface area contributed by atoms with Crippen molar-refractivity contribution >= 4 is 68.2 Å². The Hall–Kier alpha value is -2.48. The van der Waals surface area contributed by atoms with Gasteiger partial charge in [0.15, 0.2) is 4.80 Å². The van der Waals surface area contributed by atoms with E-state index in [1.54, 1.807) is 41.9 Å². The minimum absolute atomic E-state index is 0.183. The lowest BCUT2D eigenvalue weighted by atomic mass is 10.2. The van der Waals surface area contributed by atoms with Gasteiger partial charge in [0.25, 0.3) is 5.91 Å². The molecule has 1 fully saturated rings. The normalized spacial score (nSPS) is 15.1. The van der Waals surface area contributed by atoms with Crippen molar-refractivity contribution in [2.45, 2.75) is 12.8 Å². The third kappa shape index (κ3) is 3.26. The Morgan fingerprint density at radius 3 is 2.54 bits per heavy atom. The molecule has 4 rings (SSSR count). The van der Waals surface area contributed by atoms with E-state index in [0.29, 0.717) is 20.5 Å². The summed E-state index contributed by atoms with van der Waals surface area (Å²) in [5.41, 5.74) is 1.40. The summed E-state index contributed by atoms with van der Waals surface area (Å²) in [5, 5.41) is 0.980. The van der Waals surface area contributed by atoms with E-state index in [0.717, 1.165) is 15.1 Å². The summed E-state index contributed by atoms with van der Waals surface area (Å²) in [6, 6.07) is 9.75. The van der Waals surface area contributed by atoms with E-state index in [4.69, 9.17) is 23.2 Å². The number of aromatic nitrogens is 1. The van der Waals surface area contributed by atoms with Gasteiger partial charge < -0.3 is 4.57 Å². The lowest BCUT2D eigenvalue weighted by molar-refractivity contribution is -0.121. The first-order chi connectivity index (χ1) is 13.3. The van der Waals surface area contributed by atoms with Crippen LogP contribution < -0.4 is 9.70 Å². The summed E-state index contributed by atoms with van der Waals surface area (Å²) < 4.78 is 2.54. The standard InChI is InChI=1S/C19H13Cl2N3O3S/c1-23-17-13(21)8-11(20)9-14(17)28-19(23)22-18(27)10-3-2-4-12(7-10)24-15(25)5-6-16(24)26/h2-4,7-9H,5-6H2,1H3. The van der Waals surface area contributed by atoms with E-state index < -0.39 is 5.91 Å². The van der Waals surface area contributed by atoms with Gasteiger partial charge in [0.05, 0.1) is 20.9 Å². The molecule has 0 N–H and O–H groups in total. The van der Waals surface area contributed by atoms with Crippen molar-refractivity contribution < 1.29 is 14.4 Å². The zero-order valence-electron chi connectivity index (χ0n) is 14.6. The lowest BCUT2D eigenvalue weighted by Crippen LogP contribution is -2.28. The van der Waals surface area contributed by atoms with Crippen LogP contribution in [-0.2, 0) is 16.6 Å². The van der Waals surface area contributed by atoms with Crippen molar-refractivity contribution in [3.8, 4) is 0 Å². The topological polar surface area (TPSA) is 71.7 Å². The summed E-state index contributed by atoms with van der Waals surface area (Å²) in [6.07, 6.45) is 0.366. The van der Waals surface area contributed by atoms with E-state index in [1.165, 1.54) is 17.4 Å². The molecule has 0 aliphatic carbocycles. The smallest absolute Gasteiger partial charge is 0.279 e. The van der Waals surface area contributed by atoms with E-state index in [9.17, 15) is 14.4 Å². The van der Waals surface area contributed by atoms with Crippen LogP contribution in [-0.4, -0.2) is 22.3 Å². The largest absolute Gasteiger partial charge is 0.318 e. The van der Waals surface area contributed by atoms with E-state index >= 15 is 0 Å². The molecule has 9 heteroatoms. The molecule has 0 saturated carbocycles. The molecule has 0 radical (unpaired) electrons. The maximum atomic E-state index is 12.7. The van der Waals surface area contributed by atoms with Crippen molar-refractivity contribution in [2.24, 2.45) is 12.0 Å². The van der Waals surface area contributed by atoms with Crippen molar-refractivity contribution in [2.75, 3.05) is 4.90 Å². The fraction of sp³-hybridized carbons (Fsp3) is 0.158. The second-order valence-electron chi connectivity index (χ2n) is 6.27. The molecule has 0 atom stereocenters. The van der Waals surface area contributed by atoms with Gasteiger partial charge in [-0.2, -0.15) is 4.99 Å². The zero-order valence-corrected chi connectivity index (χ0v) is 16.9. The van der Waals surface area contributed by atoms with Crippen LogP contribution in [0.1, 0.15) is 23.2 Å². The number of imide groups is 1. The Morgan fingerprint density at radius 2 is 1.82 bits per heavy atom. The molecule has 1 aliphatic heterocycles. The van der Waals surface area contributed by atoms with Gasteiger partial charge >= 0.3 is 0 Å². The minimum atomic E-state index is -0.481. The first kappa shape index (κ1) is 18.9. The van der Waals surface area contributed by atoms with Crippen LogP contribution in [0.4, 0.5) is 5.69 Å². The molecule has 142 valence electrons. The Kier molecular flexibility index (Phi) is 4.82. The van der Waals surface area contributed by atoms with Gasteiger partial charge in [-0.3, -0.25) is 19.3 Å². The molecule has 0 unspecified atom stereocenters. The lowest BCUT2D eigenvalue weighted by Gasteiger charge is -2.14. The number of thiazole rings is 1. The molecule has 3 aromatic rings. The Labute approximate surface area is 173 Å². The van der Waals surface area contributed by atoms with Gasteiger partial charge in [-0.25, -0.2) is 0 Å². The van der Waals surface area contributed by atoms with Crippen LogP contribution in [0.5, 0.6) is 0 Å². The predicted octanol–water partition coefficient (Wildman–Crippen LogP) is 3.94. The summed E-state index contributed by atoms with van der Waals surface area (Å²) in [4.78, 5) is 42.3. The maximum absolute atomic E-state index is 12.7. The molecule has 1 aromatic heterocycles. The number of benzene rings is 2. The monoisotopic (exact) mass is 433 g/mol. The average Bonchev–Trinajstić information content (AvgIpc) is 3.14. The van der Waals surface area contributed by atoms with Gasteiger partial charge in [-0.15, -0.1) is 0 Å². The maximum Gasteiger partial charge on any atom is 0.279 e. The SMILES string of the molecule is Cn1c(=NC(=O)c2cccc(N3C(=O)CCC3=O)c2)sc2cc(Cl)cc(Cl)c21. The fourth-order valence-corrected chi connectivity index (χ4v) is 4.92. The summed E-state index contributed by atoms with van der Waals surface area (Å²) >= 11 is 13.6. The number of hydrogen-bond acceptors (Lipinski definition) is 4. The van der Waals surface area contributed by atoms with Crippen molar-refractivity contribution in [1.29, 1.82) is 0 Å². The first-order valence-corrected chi connectivity index (χ1v) is 9.92. The van der Waals surface area contributed by atoms with Crippen LogP contribution in [0.2, 0.25) is 10.0 Å². The third-order valence-electron chi connectivity index (χ3n) is 4.42. The van der Waals surface area contributed by atoms with Gasteiger partial charge in [0.1, 0.15) is 0 Å². The number of carbonyl (C=O) groups is 3. The van der Waals surface area contributed by atoms with E-state index in [2.05, 4.69) is 4.99 Å². The molecule has 6 nitrogen and oxygen atoms in total. The summed E-state index contributed by atoms with van der Waals surface area (Å²) in [6.45, 7) is 0. The van der Waals surface area contributed by atoms with Crippen LogP contribution in [0.15, 0.2) is 41.4 Å². The van der Waals surface area contributed by atoms with Gasteiger partial charge in [0, 0.05) is 30.5 Å². The highest BCUT2D eigenvalue weighted by molar-refractivity contribution is 7.16. The zero-order chi connectivity index (χ0) is 20.0. The molecule has 2 heterocycles. The number of halogens is 2. The molecule has 2 aromatic carbocycles.